The van der Waals surface area contributed by atoms with Crippen molar-refractivity contribution in [2.75, 3.05) is 26.7 Å². The van der Waals surface area contributed by atoms with Crippen molar-refractivity contribution in [3.8, 4) is 0 Å². The summed E-state index contributed by atoms with van der Waals surface area (Å²) in [5.41, 5.74) is 1.08. The van der Waals surface area contributed by atoms with Crippen LogP contribution in [-0.2, 0) is 11.3 Å². The second-order valence-corrected chi connectivity index (χ2v) is 6.92. The Morgan fingerprint density at radius 3 is 2.96 bits per heavy atom. The van der Waals surface area contributed by atoms with E-state index >= 15 is 0 Å². The predicted molar refractivity (Wildman–Crippen MR) is 87.6 cm³/mol. The summed E-state index contributed by atoms with van der Waals surface area (Å²) in [5.74, 6) is 1.12. The molecule has 4 atom stereocenters. The maximum atomic E-state index is 12.3. The van der Waals surface area contributed by atoms with E-state index in [1.165, 1.54) is 0 Å². The molecule has 2 heterocycles. The lowest BCUT2D eigenvalue weighted by Gasteiger charge is -2.36. The fourth-order valence-electron chi connectivity index (χ4n) is 3.81. The van der Waals surface area contributed by atoms with Crippen LogP contribution >= 0.6 is 0 Å². The maximum absolute atomic E-state index is 12.3. The first kappa shape index (κ1) is 16.4. The Labute approximate surface area is 137 Å². The summed E-state index contributed by atoms with van der Waals surface area (Å²) in [5, 5.41) is 16.7. The molecule has 2 fully saturated rings. The van der Waals surface area contributed by atoms with Gasteiger partial charge in [-0.15, -0.1) is 0 Å². The number of aliphatic hydroxyl groups is 1. The van der Waals surface area contributed by atoms with Crippen LogP contribution in [0, 0.1) is 11.8 Å². The van der Waals surface area contributed by atoms with Crippen LogP contribution in [0.1, 0.15) is 18.4 Å². The van der Waals surface area contributed by atoms with Gasteiger partial charge < -0.3 is 15.7 Å². The van der Waals surface area contributed by atoms with Crippen LogP contribution in [0.4, 0.5) is 0 Å². The first-order chi connectivity index (χ1) is 11.1. The number of nitrogens with one attached hydrogen (secondary N) is 2. The third kappa shape index (κ3) is 4.28. The average molecular weight is 318 g/mol. The number of likely N-dealkylation sites (N-methyl/N-ethyl adjacent to an activating group) is 1. The molecule has 0 radical (unpaired) electrons. The van der Waals surface area contributed by atoms with Gasteiger partial charge in [-0.05, 0) is 56.4 Å². The molecule has 1 saturated carbocycles. The summed E-state index contributed by atoms with van der Waals surface area (Å²) >= 11 is 0. The molecule has 0 bridgehead atoms. The van der Waals surface area contributed by atoms with Crippen LogP contribution in [0.5, 0.6) is 0 Å². The minimum atomic E-state index is -0.427. The Hall–Kier alpha value is -1.50. The second-order valence-electron chi connectivity index (χ2n) is 6.92. The molecule has 1 amide bonds. The fraction of sp³-hybridized carbons (Fsp3) is 0.647. The van der Waals surface area contributed by atoms with Crippen LogP contribution in [0.3, 0.4) is 0 Å². The van der Waals surface area contributed by atoms with E-state index in [0.29, 0.717) is 24.9 Å². The van der Waals surface area contributed by atoms with Gasteiger partial charge in [0.1, 0.15) is 0 Å². The van der Waals surface area contributed by atoms with E-state index in [0.717, 1.165) is 31.5 Å². The molecule has 0 unspecified atom stereocenters. The lowest BCUT2D eigenvalue weighted by molar-refractivity contribution is -0.124. The third-order valence-corrected chi connectivity index (χ3v) is 4.98. The topological polar surface area (TPSA) is 77.5 Å². The number of aromatic nitrogens is 1. The molecule has 1 saturated heterocycles. The zero-order valence-corrected chi connectivity index (χ0v) is 13.6. The highest BCUT2D eigenvalue weighted by Gasteiger charge is 2.39. The van der Waals surface area contributed by atoms with E-state index in [2.05, 4.69) is 15.6 Å². The molecule has 1 aliphatic carbocycles. The van der Waals surface area contributed by atoms with Crippen molar-refractivity contribution in [3.63, 3.8) is 0 Å². The Bertz CT molecular complexity index is 525. The third-order valence-electron chi connectivity index (χ3n) is 4.98. The van der Waals surface area contributed by atoms with Crippen molar-refractivity contribution in [3.05, 3.63) is 30.1 Å². The van der Waals surface area contributed by atoms with Crippen molar-refractivity contribution in [1.82, 2.24) is 20.5 Å². The molecule has 126 valence electrons. The second kappa shape index (κ2) is 7.38. The summed E-state index contributed by atoms with van der Waals surface area (Å²) in [6, 6.07) is 3.78. The van der Waals surface area contributed by atoms with Gasteiger partial charge in [0.2, 0.25) is 5.91 Å². The Morgan fingerprint density at radius 2 is 2.22 bits per heavy atom. The minimum Gasteiger partial charge on any atom is -0.391 e. The van der Waals surface area contributed by atoms with E-state index in [4.69, 9.17) is 0 Å². The van der Waals surface area contributed by atoms with E-state index < -0.39 is 6.10 Å². The smallest absolute Gasteiger partial charge is 0.234 e. The highest BCUT2D eigenvalue weighted by atomic mass is 16.3. The van der Waals surface area contributed by atoms with Crippen LogP contribution < -0.4 is 10.6 Å². The summed E-state index contributed by atoms with van der Waals surface area (Å²) in [4.78, 5) is 18.3. The predicted octanol–water partition coefficient (Wildman–Crippen LogP) is -0.0115. The number of hydrogen-bond acceptors (Lipinski definition) is 5. The standard InChI is InChI=1S/C17H26N4O2/c1-21(10-12-3-2-4-18-7-12)11-17(23)20-15-5-13-8-19-9-14(13)6-16(15)22/h2-4,7,13-16,19,22H,5-6,8-11H2,1H3,(H,20,23)/t13-,14+,15-,16-/m0/s1. The number of hydrogen-bond donors (Lipinski definition) is 3. The van der Waals surface area contributed by atoms with E-state index in [1.807, 2.05) is 30.3 Å². The quantitative estimate of drug-likeness (QED) is 0.712. The monoisotopic (exact) mass is 318 g/mol. The molecule has 23 heavy (non-hydrogen) atoms. The molecule has 2 aliphatic rings. The number of carbonyl (C=O) groups is 1. The van der Waals surface area contributed by atoms with Gasteiger partial charge in [-0.25, -0.2) is 0 Å². The summed E-state index contributed by atoms with van der Waals surface area (Å²) < 4.78 is 0. The Balaban J connectivity index is 1.47. The highest BCUT2D eigenvalue weighted by Crippen LogP contribution is 2.32. The summed E-state index contributed by atoms with van der Waals surface area (Å²) in [6.07, 6.45) is 4.78. The highest BCUT2D eigenvalue weighted by molar-refractivity contribution is 5.78. The van der Waals surface area contributed by atoms with Gasteiger partial charge in [0, 0.05) is 18.9 Å². The molecule has 1 aromatic rings. The van der Waals surface area contributed by atoms with Crippen molar-refractivity contribution < 1.29 is 9.90 Å². The zero-order chi connectivity index (χ0) is 16.2. The van der Waals surface area contributed by atoms with Gasteiger partial charge in [-0.1, -0.05) is 6.07 Å². The zero-order valence-electron chi connectivity index (χ0n) is 13.6. The molecule has 0 spiro atoms. The van der Waals surface area contributed by atoms with Gasteiger partial charge in [-0.2, -0.15) is 0 Å². The Kier molecular flexibility index (Phi) is 5.25. The van der Waals surface area contributed by atoms with Gasteiger partial charge >= 0.3 is 0 Å². The van der Waals surface area contributed by atoms with E-state index in [1.54, 1.807) is 6.20 Å². The number of amides is 1. The largest absolute Gasteiger partial charge is 0.391 e. The molecule has 1 aromatic heterocycles. The molecule has 0 aromatic carbocycles. The van der Waals surface area contributed by atoms with Crippen LogP contribution in [0.25, 0.3) is 0 Å². The Morgan fingerprint density at radius 1 is 1.43 bits per heavy atom. The lowest BCUT2D eigenvalue weighted by Crippen LogP contribution is -2.51. The van der Waals surface area contributed by atoms with E-state index in [9.17, 15) is 9.90 Å². The van der Waals surface area contributed by atoms with Crippen molar-refractivity contribution >= 4 is 5.91 Å². The number of aliphatic hydroxyl groups excluding tert-OH is 1. The average Bonchev–Trinajstić information content (AvgIpc) is 2.95. The first-order valence-electron chi connectivity index (χ1n) is 8.37. The van der Waals surface area contributed by atoms with Crippen molar-refractivity contribution in [2.24, 2.45) is 11.8 Å². The minimum absolute atomic E-state index is 0.0233. The molecular weight excluding hydrogens is 292 g/mol. The molecule has 3 N–H and O–H groups in total. The van der Waals surface area contributed by atoms with Gasteiger partial charge in [0.15, 0.2) is 0 Å². The summed E-state index contributed by atoms with van der Waals surface area (Å²) in [7, 11) is 1.92. The maximum Gasteiger partial charge on any atom is 0.234 e. The van der Waals surface area contributed by atoms with Crippen LogP contribution in [-0.4, -0.2) is 59.7 Å². The fourth-order valence-corrected chi connectivity index (χ4v) is 3.81. The van der Waals surface area contributed by atoms with Crippen LogP contribution in [0.2, 0.25) is 0 Å². The lowest BCUT2D eigenvalue weighted by atomic mass is 9.77. The number of carbonyl (C=O) groups excluding carboxylic acids is 1. The molecule has 3 rings (SSSR count). The van der Waals surface area contributed by atoms with Gasteiger partial charge in [0.05, 0.1) is 18.7 Å². The SMILES string of the molecule is CN(CC(=O)N[C@H]1C[C@H]2CNC[C@H]2C[C@@H]1O)Cc1cccnc1. The number of rotatable bonds is 5. The summed E-state index contributed by atoms with van der Waals surface area (Å²) in [6.45, 7) is 3.01. The van der Waals surface area contributed by atoms with E-state index in [-0.39, 0.29) is 11.9 Å². The van der Waals surface area contributed by atoms with Crippen molar-refractivity contribution in [2.45, 2.75) is 31.5 Å². The van der Waals surface area contributed by atoms with Gasteiger partial charge in [-0.3, -0.25) is 14.7 Å². The molecular formula is C17H26N4O2. The normalized spacial score (nSPS) is 30.2. The molecule has 6 heteroatoms. The van der Waals surface area contributed by atoms with Crippen molar-refractivity contribution in [1.29, 1.82) is 0 Å². The number of fused-ring (bicyclic) bond motifs is 1. The number of pyridine rings is 1. The first-order valence-corrected chi connectivity index (χ1v) is 8.37. The molecule has 1 aliphatic heterocycles. The van der Waals surface area contributed by atoms with Gasteiger partial charge in [0.25, 0.3) is 0 Å². The number of nitrogens with zero attached hydrogens (tertiary/aromatic N) is 2. The van der Waals surface area contributed by atoms with Crippen LogP contribution in [0.15, 0.2) is 24.5 Å². The molecule has 6 nitrogen and oxygen atoms in total.